The van der Waals surface area contributed by atoms with E-state index in [2.05, 4.69) is 14.7 Å². The van der Waals surface area contributed by atoms with E-state index in [1.165, 1.54) is 0 Å². The van der Waals surface area contributed by atoms with E-state index < -0.39 is 69.5 Å². The molecule has 29 heavy (non-hydrogen) atoms. The number of rotatable bonds is 6. The predicted molar refractivity (Wildman–Crippen MR) is 86.1 cm³/mol. The second kappa shape index (κ2) is 7.91. The van der Waals surface area contributed by atoms with Gasteiger partial charge in [-0.25, -0.2) is 38.7 Å². The zero-order valence-corrected chi connectivity index (χ0v) is 13.9. The van der Waals surface area contributed by atoms with Gasteiger partial charge in [0.1, 0.15) is 0 Å². The molecule has 13 heteroatoms. The third-order valence-corrected chi connectivity index (χ3v) is 3.30. The number of nitrogens with zero attached hydrogens (tertiary/aromatic N) is 2. The van der Waals surface area contributed by atoms with Crippen LogP contribution in [0.2, 0.25) is 0 Å². The second-order valence-electron chi connectivity index (χ2n) is 5.14. The van der Waals surface area contributed by atoms with Gasteiger partial charge in [-0.15, -0.1) is 0 Å². The molecule has 148 valence electrons. The van der Waals surface area contributed by atoms with Crippen molar-refractivity contribution < 1.29 is 53.9 Å². The average Bonchev–Trinajstić information content (AvgIpc) is 2.66. The Morgan fingerprint density at radius 3 is 1.24 bits per heavy atom. The van der Waals surface area contributed by atoms with Crippen molar-refractivity contribution in [3.05, 3.63) is 58.2 Å². The summed E-state index contributed by atoms with van der Waals surface area (Å²) in [6.45, 7) is 0. The Morgan fingerprint density at radius 1 is 0.621 bits per heavy atom. The second-order valence-corrected chi connectivity index (χ2v) is 5.14. The lowest BCUT2D eigenvalue weighted by Crippen LogP contribution is -2.21. The summed E-state index contributed by atoms with van der Waals surface area (Å²) in [5, 5.41) is 35.9. The highest BCUT2D eigenvalue weighted by Gasteiger charge is 2.28. The Morgan fingerprint density at radius 2 is 0.966 bits per heavy atom. The van der Waals surface area contributed by atoms with E-state index >= 15 is 0 Å². The Kier molecular flexibility index (Phi) is 5.63. The number of pyridine rings is 2. The van der Waals surface area contributed by atoms with Gasteiger partial charge >= 0.3 is 35.8 Å². The summed E-state index contributed by atoms with van der Waals surface area (Å²) in [5.74, 6) is -9.77. The van der Waals surface area contributed by atoms with Gasteiger partial charge in [-0.2, -0.15) is 0 Å². The van der Waals surface area contributed by atoms with E-state index in [0.717, 1.165) is 0 Å². The third-order valence-electron chi connectivity index (χ3n) is 3.30. The molecule has 2 aromatic rings. The minimum atomic E-state index is -1.74. The molecule has 0 aliphatic carbocycles. The van der Waals surface area contributed by atoms with Crippen molar-refractivity contribution in [3.63, 3.8) is 0 Å². The molecule has 2 rings (SSSR count). The van der Waals surface area contributed by atoms with Crippen LogP contribution in [0.3, 0.4) is 0 Å². The fraction of sp³-hybridized carbons (Fsp3) is 0. The quantitative estimate of drug-likeness (QED) is 0.375. The lowest BCUT2D eigenvalue weighted by atomic mass is 10.1. The summed E-state index contributed by atoms with van der Waals surface area (Å²) >= 11 is 0. The highest BCUT2D eigenvalue weighted by Crippen LogP contribution is 2.15. The fourth-order valence-electron chi connectivity index (χ4n) is 2.00. The van der Waals surface area contributed by atoms with Gasteiger partial charge in [0.2, 0.25) is 0 Å². The number of aromatic carboxylic acids is 4. The first-order valence-corrected chi connectivity index (χ1v) is 7.22. The van der Waals surface area contributed by atoms with Crippen LogP contribution in [0.5, 0.6) is 0 Å². The molecule has 0 unspecified atom stereocenters. The van der Waals surface area contributed by atoms with Crippen molar-refractivity contribution in [2.24, 2.45) is 0 Å². The molecule has 13 nitrogen and oxygen atoms in total. The van der Waals surface area contributed by atoms with Crippen LogP contribution in [0, 0.1) is 0 Å². The Labute approximate surface area is 158 Å². The molecule has 0 spiro atoms. The molecule has 2 heterocycles. The highest BCUT2D eigenvalue weighted by atomic mass is 16.6. The lowest BCUT2D eigenvalue weighted by molar-refractivity contribution is 0.0376. The monoisotopic (exact) mass is 404 g/mol. The topological polar surface area (TPSA) is 218 Å². The summed E-state index contributed by atoms with van der Waals surface area (Å²) in [6.07, 6.45) is 1.30. The van der Waals surface area contributed by atoms with Gasteiger partial charge in [-0.3, -0.25) is 0 Å². The molecule has 0 fully saturated rings. The summed E-state index contributed by atoms with van der Waals surface area (Å²) < 4.78 is 4.38. The van der Waals surface area contributed by atoms with E-state index in [-0.39, 0.29) is 0 Å². The van der Waals surface area contributed by atoms with Crippen LogP contribution in [0.25, 0.3) is 0 Å². The van der Waals surface area contributed by atoms with E-state index in [9.17, 15) is 28.8 Å². The van der Waals surface area contributed by atoms with E-state index in [4.69, 9.17) is 20.4 Å². The Hall–Kier alpha value is -4.68. The standard InChI is InChI=1S/C16H8N2O11/c19-11(20)5-1-7(13(23)24)9(17-3-5)15(27)29-16(28)10-8(14(25)26)2-6(4-18-10)12(21)22/h1-4H,(H,19,20)(H,21,22)(H,23,24)(H,25,26). The molecule has 0 amide bonds. The van der Waals surface area contributed by atoms with Gasteiger partial charge < -0.3 is 25.2 Å². The van der Waals surface area contributed by atoms with Gasteiger partial charge in [-0.1, -0.05) is 0 Å². The van der Waals surface area contributed by atoms with E-state index in [1.54, 1.807) is 0 Å². The van der Waals surface area contributed by atoms with Crippen molar-refractivity contribution in [1.29, 1.82) is 0 Å². The number of carboxylic acid groups (broad SMARTS) is 4. The van der Waals surface area contributed by atoms with Crippen LogP contribution in [0.1, 0.15) is 62.4 Å². The number of carbonyl (C=O) groups excluding carboxylic acids is 2. The highest BCUT2D eigenvalue weighted by molar-refractivity contribution is 6.09. The van der Waals surface area contributed by atoms with Gasteiger partial charge in [0.25, 0.3) is 0 Å². The van der Waals surface area contributed by atoms with Gasteiger partial charge in [-0.05, 0) is 12.1 Å². The fourth-order valence-corrected chi connectivity index (χ4v) is 2.00. The van der Waals surface area contributed by atoms with Crippen molar-refractivity contribution in [2.75, 3.05) is 0 Å². The first-order valence-electron chi connectivity index (χ1n) is 7.22. The predicted octanol–water partition coefficient (Wildman–Crippen LogP) is 0.267. The molecular formula is C16H8N2O11. The smallest absolute Gasteiger partial charge is 0.365 e. The maximum absolute atomic E-state index is 12.1. The van der Waals surface area contributed by atoms with Gasteiger partial charge in [0.15, 0.2) is 11.4 Å². The summed E-state index contributed by atoms with van der Waals surface area (Å²) in [7, 11) is 0. The SMILES string of the molecule is O=C(O)c1cnc(C(=O)OC(=O)c2ncc(C(=O)O)cc2C(=O)O)c(C(=O)O)c1. The van der Waals surface area contributed by atoms with Gasteiger partial charge in [0, 0.05) is 12.4 Å². The molecule has 0 saturated carbocycles. The zero-order chi connectivity index (χ0) is 21.9. The maximum atomic E-state index is 12.1. The molecule has 0 bridgehead atoms. The van der Waals surface area contributed by atoms with Crippen LogP contribution >= 0.6 is 0 Å². The number of ether oxygens (including phenoxy) is 1. The summed E-state index contributed by atoms with van der Waals surface area (Å²) in [5.41, 5.74) is -4.70. The minimum absolute atomic E-state index is 0.552. The number of hydrogen-bond acceptors (Lipinski definition) is 9. The van der Waals surface area contributed by atoms with Crippen LogP contribution in [0.4, 0.5) is 0 Å². The minimum Gasteiger partial charge on any atom is -0.478 e. The molecule has 0 aromatic carbocycles. The van der Waals surface area contributed by atoms with Crippen molar-refractivity contribution in [2.45, 2.75) is 0 Å². The largest absolute Gasteiger partial charge is 0.478 e. The van der Waals surface area contributed by atoms with Crippen LogP contribution in [0.15, 0.2) is 24.5 Å². The molecule has 0 aliphatic heterocycles. The van der Waals surface area contributed by atoms with Crippen LogP contribution < -0.4 is 0 Å². The number of hydrogen-bond donors (Lipinski definition) is 4. The lowest BCUT2D eigenvalue weighted by Gasteiger charge is -2.07. The molecule has 0 radical (unpaired) electrons. The van der Waals surface area contributed by atoms with Gasteiger partial charge in [0.05, 0.1) is 22.3 Å². The Bertz CT molecular complexity index is 1000. The normalized spacial score (nSPS) is 10.1. The maximum Gasteiger partial charge on any atom is 0.365 e. The number of carbonyl (C=O) groups is 6. The molecule has 4 N–H and O–H groups in total. The molecule has 2 aromatic heterocycles. The van der Waals surface area contributed by atoms with E-state index in [0.29, 0.717) is 24.5 Å². The zero-order valence-electron chi connectivity index (χ0n) is 13.9. The van der Waals surface area contributed by atoms with Crippen LogP contribution in [-0.2, 0) is 4.74 Å². The summed E-state index contributed by atoms with van der Waals surface area (Å²) in [6, 6.07) is 1.22. The first-order chi connectivity index (χ1) is 13.5. The molecular weight excluding hydrogens is 396 g/mol. The van der Waals surface area contributed by atoms with Crippen molar-refractivity contribution in [1.82, 2.24) is 9.97 Å². The molecule has 0 saturated heterocycles. The van der Waals surface area contributed by atoms with Crippen molar-refractivity contribution >= 4 is 35.8 Å². The molecule has 0 atom stereocenters. The Balaban J connectivity index is 2.40. The van der Waals surface area contributed by atoms with E-state index in [1.807, 2.05) is 0 Å². The summed E-state index contributed by atoms with van der Waals surface area (Å²) in [4.78, 5) is 75.2. The third kappa shape index (κ3) is 4.36. The van der Waals surface area contributed by atoms with Crippen molar-refractivity contribution in [3.8, 4) is 0 Å². The van der Waals surface area contributed by atoms with Crippen LogP contribution in [-0.4, -0.2) is 66.2 Å². The number of carboxylic acids is 4. The number of aromatic nitrogens is 2. The average molecular weight is 404 g/mol. The first kappa shape index (κ1) is 20.6. The number of esters is 2. The molecule has 0 aliphatic rings.